The summed E-state index contributed by atoms with van der Waals surface area (Å²) in [5.41, 5.74) is 0.0810. The first-order valence-electron chi connectivity index (χ1n) is 7.14. The van der Waals surface area contributed by atoms with E-state index in [0.717, 1.165) is 10.9 Å². The van der Waals surface area contributed by atoms with Gasteiger partial charge in [0.25, 0.3) is 0 Å². The van der Waals surface area contributed by atoms with Crippen LogP contribution < -0.4 is 5.32 Å². The average molecular weight is 289 g/mol. The number of benzene rings is 1. The van der Waals surface area contributed by atoms with E-state index in [4.69, 9.17) is 4.74 Å². The van der Waals surface area contributed by atoms with Crippen molar-refractivity contribution in [3.05, 3.63) is 30.5 Å². The number of aliphatic hydroxyl groups is 1. The van der Waals surface area contributed by atoms with Gasteiger partial charge in [0.1, 0.15) is 6.54 Å². The minimum absolute atomic E-state index is 0.149. The van der Waals surface area contributed by atoms with E-state index in [0.29, 0.717) is 26.1 Å². The molecule has 1 saturated heterocycles. The Bertz CT molecular complexity index is 632. The van der Waals surface area contributed by atoms with E-state index in [1.165, 1.54) is 0 Å². The lowest BCUT2D eigenvalue weighted by atomic mass is 9.94. The highest BCUT2D eigenvalue weighted by Gasteiger charge is 2.30. The summed E-state index contributed by atoms with van der Waals surface area (Å²) < 4.78 is 6.88. The summed E-state index contributed by atoms with van der Waals surface area (Å²) in [6, 6.07) is 7.75. The van der Waals surface area contributed by atoms with E-state index in [2.05, 4.69) is 10.4 Å². The summed E-state index contributed by atoms with van der Waals surface area (Å²) in [4.78, 5) is 12.0. The van der Waals surface area contributed by atoms with Crippen molar-refractivity contribution in [1.29, 1.82) is 0 Å². The van der Waals surface area contributed by atoms with Crippen LogP contribution in [0.1, 0.15) is 12.8 Å². The van der Waals surface area contributed by atoms with Gasteiger partial charge in [-0.2, -0.15) is 5.10 Å². The molecule has 21 heavy (non-hydrogen) atoms. The summed E-state index contributed by atoms with van der Waals surface area (Å²) in [6.07, 6.45) is 2.85. The highest BCUT2D eigenvalue weighted by atomic mass is 16.5. The second kappa shape index (κ2) is 5.83. The van der Waals surface area contributed by atoms with E-state index in [9.17, 15) is 9.90 Å². The molecule has 1 fully saturated rings. The summed E-state index contributed by atoms with van der Waals surface area (Å²) >= 11 is 0. The molecule has 2 heterocycles. The maximum absolute atomic E-state index is 12.0. The predicted octanol–water partition coefficient (Wildman–Crippen LogP) is 0.694. The summed E-state index contributed by atoms with van der Waals surface area (Å²) in [7, 11) is 0. The molecule has 0 spiro atoms. The zero-order chi connectivity index (χ0) is 14.7. The van der Waals surface area contributed by atoms with Gasteiger partial charge >= 0.3 is 0 Å². The fraction of sp³-hybridized carbons (Fsp3) is 0.467. The van der Waals surface area contributed by atoms with Crippen molar-refractivity contribution in [2.24, 2.45) is 0 Å². The van der Waals surface area contributed by atoms with Gasteiger partial charge in [-0.15, -0.1) is 0 Å². The monoisotopic (exact) mass is 289 g/mol. The molecule has 112 valence electrons. The Hall–Kier alpha value is -1.92. The third-order valence-corrected chi connectivity index (χ3v) is 3.88. The molecule has 1 aromatic heterocycles. The molecule has 2 N–H and O–H groups in total. The Morgan fingerprint density at radius 2 is 2.14 bits per heavy atom. The molecular formula is C15H19N3O3. The van der Waals surface area contributed by atoms with Crippen LogP contribution in [0.3, 0.4) is 0 Å². The first-order valence-corrected chi connectivity index (χ1v) is 7.14. The predicted molar refractivity (Wildman–Crippen MR) is 77.7 cm³/mol. The second-order valence-corrected chi connectivity index (χ2v) is 5.47. The van der Waals surface area contributed by atoms with Crippen LogP contribution in [0.25, 0.3) is 10.9 Å². The maximum atomic E-state index is 12.0. The van der Waals surface area contributed by atoms with Gasteiger partial charge in [-0.05, 0) is 6.07 Å². The molecule has 0 aliphatic carbocycles. The lowest BCUT2D eigenvalue weighted by molar-refractivity contribution is -0.124. The third-order valence-electron chi connectivity index (χ3n) is 3.88. The van der Waals surface area contributed by atoms with Gasteiger partial charge in [0.05, 0.1) is 17.3 Å². The summed E-state index contributed by atoms with van der Waals surface area (Å²) in [5.74, 6) is -0.149. The van der Waals surface area contributed by atoms with Crippen LogP contribution >= 0.6 is 0 Å². The number of fused-ring (bicyclic) bond motifs is 1. The number of hydrogen-bond acceptors (Lipinski definition) is 4. The lowest BCUT2D eigenvalue weighted by Crippen LogP contribution is -2.47. The van der Waals surface area contributed by atoms with Crippen LogP contribution in [0, 0.1) is 0 Å². The molecule has 0 unspecified atom stereocenters. The van der Waals surface area contributed by atoms with Crippen molar-refractivity contribution < 1.29 is 14.6 Å². The number of rotatable bonds is 4. The molecular weight excluding hydrogens is 270 g/mol. The number of aromatic nitrogens is 2. The van der Waals surface area contributed by atoms with Gasteiger partial charge in [0, 0.05) is 38.0 Å². The molecule has 1 aliphatic heterocycles. The number of carbonyl (C=O) groups excluding carboxylic acids is 1. The van der Waals surface area contributed by atoms with E-state index in [1.807, 2.05) is 24.3 Å². The molecule has 0 saturated carbocycles. The number of nitrogens with zero attached hydrogens (tertiary/aromatic N) is 2. The molecule has 1 aliphatic rings. The van der Waals surface area contributed by atoms with Crippen molar-refractivity contribution in [3.63, 3.8) is 0 Å². The molecule has 1 amide bonds. The molecule has 0 radical (unpaired) electrons. The van der Waals surface area contributed by atoms with Crippen molar-refractivity contribution in [2.75, 3.05) is 19.8 Å². The fourth-order valence-electron chi connectivity index (χ4n) is 2.54. The van der Waals surface area contributed by atoms with Crippen LogP contribution in [-0.2, 0) is 16.1 Å². The Balaban J connectivity index is 1.59. The molecule has 2 aromatic rings. The smallest absolute Gasteiger partial charge is 0.241 e. The molecule has 6 heteroatoms. The van der Waals surface area contributed by atoms with E-state index >= 15 is 0 Å². The van der Waals surface area contributed by atoms with Crippen molar-refractivity contribution in [3.8, 4) is 0 Å². The number of nitrogens with one attached hydrogen (secondary N) is 1. The van der Waals surface area contributed by atoms with Crippen LogP contribution in [0.4, 0.5) is 0 Å². The number of para-hydroxylation sites is 1. The molecule has 3 rings (SSSR count). The zero-order valence-corrected chi connectivity index (χ0v) is 11.8. The second-order valence-electron chi connectivity index (χ2n) is 5.47. The van der Waals surface area contributed by atoms with Gasteiger partial charge in [-0.25, -0.2) is 0 Å². The number of ether oxygens (including phenoxy) is 1. The van der Waals surface area contributed by atoms with E-state index < -0.39 is 5.60 Å². The van der Waals surface area contributed by atoms with Crippen LogP contribution in [0.5, 0.6) is 0 Å². The normalized spacial score (nSPS) is 17.8. The average Bonchev–Trinajstić information content (AvgIpc) is 2.90. The minimum Gasteiger partial charge on any atom is -0.388 e. The first-order chi connectivity index (χ1) is 10.2. The Kier molecular flexibility index (Phi) is 3.90. The SMILES string of the molecule is O=C(Cn1ncc2ccccc21)NCC1(O)CCOCC1. The minimum atomic E-state index is -0.847. The number of carbonyl (C=O) groups is 1. The Morgan fingerprint density at radius 1 is 1.38 bits per heavy atom. The van der Waals surface area contributed by atoms with Crippen molar-refractivity contribution in [2.45, 2.75) is 25.0 Å². The van der Waals surface area contributed by atoms with Crippen molar-refractivity contribution in [1.82, 2.24) is 15.1 Å². The molecule has 0 atom stereocenters. The lowest BCUT2D eigenvalue weighted by Gasteiger charge is -2.32. The summed E-state index contributed by atoms with van der Waals surface area (Å²) in [6.45, 7) is 1.49. The summed E-state index contributed by atoms with van der Waals surface area (Å²) in [5, 5.41) is 18.3. The standard InChI is InChI=1S/C15H19N3O3/c19-14(16-11-15(20)5-7-21-8-6-15)10-18-13-4-2-1-3-12(13)9-17-18/h1-4,9,20H,5-8,10-11H2,(H,16,19). The topological polar surface area (TPSA) is 76.4 Å². The van der Waals surface area contributed by atoms with Crippen LogP contribution in [0.2, 0.25) is 0 Å². The highest BCUT2D eigenvalue weighted by Crippen LogP contribution is 2.19. The Morgan fingerprint density at radius 3 is 2.95 bits per heavy atom. The van der Waals surface area contributed by atoms with Crippen LogP contribution in [-0.4, -0.2) is 46.2 Å². The first kappa shape index (κ1) is 14.0. The van der Waals surface area contributed by atoms with Crippen LogP contribution in [0.15, 0.2) is 30.5 Å². The van der Waals surface area contributed by atoms with Crippen molar-refractivity contribution >= 4 is 16.8 Å². The third kappa shape index (κ3) is 3.22. The van der Waals surface area contributed by atoms with Gasteiger partial charge in [0.15, 0.2) is 0 Å². The quantitative estimate of drug-likeness (QED) is 0.868. The van der Waals surface area contributed by atoms with Gasteiger partial charge in [0.2, 0.25) is 5.91 Å². The molecule has 1 aromatic carbocycles. The van der Waals surface area contributed by atoms with Gasteiger partial charge in [-0.3, -0.25) is 9.48 Å². The Labute approximate surface area is 122 Å². The van der Waals surface area contributed by atoms with E-state index in [-0.39, 0.29) is 19.0 Å². The maximum Gasteiger partial charge on any atom is 0.241 e. The largest absolute Gasteiger partial charge is 0.388 e. The van der Waals surface area contributed by atoms with E-state index in [1.54, 1.807) is 10.9 Å². The highest BCUT2D eigenvalue weighted by molar-refractivity contribution is 5.81. The fourth-order valence-corrected chi connectivity index (χ4v) is 2.54. The zero-order valence-electron chi connectivity index (χ0n) is 11.8. The number of amides is 1. The van der Waals surface area contributed by atoms with Gasteiger partial charge < -0.3 is 15.2 Å². The number of hydrogen-bond donors (Lipinski definition) is 2. The molecule has 0 bridgehead atoms. The molecule has 6 nitrogen and oxygen atoms in total. The van der Waals surface area contributed by atoms with Gasteiger partial charge in [-0.1, -0.05) is 18.2 Å².